The molecule has 94 valence electrons. The van der Waals surface area contributed by atoms with Crippen LogP contribution in [0.15, 0.2) is 40.9 Å². The van der Waals surface area contributed by atoms with Crippen molar-refractivity contribution in [3.63, 3.8) is 0 Å². The fourth-order valence-corrected chi connectivity index (χ4v) is 2.34. The predicted octanol–water partition coefficient (Wildman–Crippen LogP) is 4.80. The summed E-state index contributed by atoms with van der Waals surface area (Å²) in [7, 11) is 0. The van der Waals surface area contributed by atoms with Crippen LogP contribution in [0.2, 0.25) is 5.02 Å². The summed E-state index contributed by atoms with van der Waals surface area (Å²) in [5.41, 5.74) is 3.82. The maximum absolute atomic E-state index is 10.3. The topological polar surface area (TPSA) is 20.2 Å². The van der Waals surface area contributed by atoms with Crippen LogP contribution in [0.1, 0.15) is 28.4 Å². The van der Waals surface area contributed by atoms with Crippen molar-refractivity contribution in [3.05, 3.63) is 68.1 Å². The van der Waals surface area contributed by atoms with Gasteiger partial charge in [-0.1, -0.05) is 51.8 Å². The molecule has 0 radical (unpaired) electrons. The van der Waals surface area contributed by atoms with Gasteiger partial charge >= 0.3 is 0 Å². The lowest BCUT2D eigenvalue weighted by Crippen LogP contribution is -2.00. The van der Waals surface area contributed by atoms with Crippen LogP contribution in [0.3, 0.4) is 0 Å². The average Bonchev–Trinajstić information content (AvgIpc) is 2.35. The Bertz CT molecular complexity index is 529. The fourth-order valence-electron chi connectivity index (χ4n) is 1.75. The predicted molar refractivity (Wildman–Crippen MR) is 79.1 cm³/mol. The first-order valence-electron chi connectivity index (χ1n) is 5.69. The van der Waals surface area contributed by atoms with E-state index < -0.39 is 6.10 Å². The molecule has 2 aromatic rings. The van der Waals surface area contributed by atoms with Gasteiger partial charge < -0.3 is 5.11 Å². The molecule has 0 aliphatic carbocycles. The zero-order valence-corrected chi connectivity index (χ0v) is 12.6. The van der Waals surface area contributed by atoms with E-state index in [9.17, 15) is 5.11 Å². The molecule has 2 rings (SSSR count). The normalized spacial score (nSPS) is 12.5. The summed E-state index contributed by atoms with van der Waals surface area (Å²) in [6, 6.07) is 11.5. The molecule has 0 saturated carbocycles. The number of hydrogen-bond acceptors (Lipinski definition) is 1. The highest BCUT2D eigenvalue weighted by atomic mass is 79.9. The molecule has 0 fully saturated rings. The zero-order chi connectivity index (χ0) is 13.3. The van der Waals surface area contributed by atoms with Crippen LogP contribution < -0.4 is 0 Å². The summed E-state index contributed by atoms with van der Waals surface area (Å²) in [5, 5.41) is 11.0. The van der Waals surface area contributed by atoms with Crippen LogP contribution in [0.4, 0.5) is 0 Å². The Hall–Kier alpha value is -0.830. The first-order chi connectivity index (χ1) is 8.49. The van der Waals surface area contributed by atoms with Gasteiger partial charge in [0, 0.05) is 9.50 Å². The Morgan fingerprint density at radius 3 is 2.11 bits per heavy atom. The van der Waals surface area contributed by atoms with Gasteiger partial charge in [-0.3, -0.25) is 0 Å². The molecule has 0 heterocycles. The lowest BCUT2D eigenvalue weighted by Gasteiger charge is -2.13. The summed E-state index contributed by atoms with van der Waals surface area (Å²) in [4.78, 5) is 0. The van der Waals surface area contributed by atoms with Gasteiger partial charge in [-0.25, -0.2) is 0 Å². The van der Waals surface area contributed by atoms with E-state index in [0.29, 0.717) is 5.02 Å². The molecule has 3 heteroatoms. The van der Waals surface area contributed by atoms with Crippen molar-refractivity contribution in [2.75, 3.05) is 0 Å². The summed E-state index contributed by atoms with van der Waals surface area (Å²) >= 11 is 9.56. The van der Waals surface area contributed by atoms with Crippen molar-refractivity contribution in [1.82, 2.24) is 0 Å². The minimum atomic E-state index is -0.653. The van der Waals surface area contributed by atoms with Crippen molar-refractivity contribution >= 4 is 27.5 Å². The lowest BCUT2D eigenvalue weighted by atomic mass is 10.00. The van der Waals surface area contributed by atoms with Crippen LogP contribution in [-0.2, 0) is 0 Å². The summed E-state index contributed by atoms with van der Waals surface area (Å²) in [5.74, 6) is 0. The van der Waals surface area contributed by atoms with Crippen molar-refractivity contribution in [2.24, 2.45) is 0 Å². The van der Waals surface area contributed by atoms with Gasteiger partial charge in [0.25, 0.3) is 0 Å². The number of aliphatic hydroxyl groups excluding tert-OH is 1. The van der Waals surface area contributed by atoms with Crippen LogP contribution in [0, 0.1) is 13.8 Å². The van der Waals surface area contributed by atoms with E-state index in [-0.39, 0.29) is 0 Å². The van der Waals surface area contributed by atoms with Gasteiger partial charge in [-0.05, 0) is 48.2 Å². The third-order valence-electron chi connectivity index (χ3n) is 3.02. The zero-order valence-electron chi connectivity index (χ0n) is 10.2. The molecule has 1 nitrogen and oxygen atoms in total. The Labute approximate surface area is 121 Å². The van der Waals surface area contributed by atoms with E-state index in [0.717, 1.165) is 26.7 Å². The van der Waals surface area contributed by atoms with E-state index >= 15 is 0 Å². The standard InChI is InChI=1S/C15H14BrClO/c1-9-3-5-11(7-13(9)16)15(18)12-6-4-10(2)14(17)8-12/h3-8,15,18H,1-2H3. The lowest BCUT2D eigenvalue weighted by molar-refractivity contribution is 0.220. The molecule has 18 heavy (non-hydrogen) atoms. The number of aliphatic hydroxyl groups is 1. The first-order valence-corrected chi connectivity index (χ1v) is 6.86. The Kier molecular flexibility index (Phi) is 4.10. The van der Waals surface area contributed by atoms with Crippen molar-refractivity contribution in [1.29, 1.82) is 0 Å². The average molecular weight is 326 g/mol. The maximum atomic E-state index is 10.3. The van der Waals surface area contributed by atoms with E-state index in [2.05, 4.69) is 15.9 Å². The number of aryl methyl sites for hydroxylation is 2. The molecule has 0 spiro atoms. The van der Waals surface area contributed by atoms with Crippen LogP contribution in [-0.4, -0.2) is 5.11 Å². The first kappa shape index (κ1) is 13.6. The van der Waals surface area contributed by atoms with Gasteiger partial charge in [-0.15, -0.1) is 0 Å². The summed E-state index contributed by atoms with van der Waals surface area (Å²) in [6.07, 6.45) is -0.653. The van der Waals surface area contributed by atoms with Crippen LogP contribution in [0.25, 0.3) is 0 Å². The molecule has 0 saturated heterocycles. The molecule has 1 N–H and O–H groups in total. The molecular weight excluding hydrogens is 312 g/mol. The highest BCUT2D eigenvalue weighted by Gasteiger charge is 2.12. The smallest absolute Gasteiger partial charge is 0.104 e. The number of rotatable bonds is 2. The summed E-state index contributed by atoms with van der Waals surface area (Å²) < 4.78 is 0.997. The van der Waals surface area contributed by atoms with Crippen LogP contribution in [0.5, 0.6) is 0 Å². The summed E-state index contributed by atoms with van der Waals surface area (Å²) in [6.45, 7) is 3.96. The second kappa shape index (κ2) is 5.43. The quantitative estimate of drug-likeness (QED) is 0.841. The molecule has 2 aromatic carbocycles. The van der Waals surface area contributed by atoms with Crippen molar-refractivity contribution in [2.45, 2.75) is 20.0 Å². The van der Waals surface area contributed by atoms with Gasteiger partial charge in [0.05, 0.1) is 0 Å². The third kappa shape index (κ3) is 2.77. The van der Waals surface area contributed by atoms with Crippen molar-refractivity contribution < 1.29 is 5.11 Å². The van der Waals surface area contributed by atoms with Gasteiger partial charge in [0.2, 0.25) is 0 Å². The highest BCUT2D eigenvalue weighted by Crippen LogP contribution is 2.28. The molecule has 0 aliphatic rings. The molecule has 0 amide bonds. The second-order valence-corrected chi connectivity index (χ2v) is 5.68. The monoisotopic (exact) mass is 324 g/mol. The molecule has 0 aliphatic heterocycles. The number of benzene rings is 2. The van der Waals surface area contributed by atoms with Gasteiger partial charge in [0.15, 0.2) is 0 Å². The minimum absolute atomic E-state index is 0.653. The molecular formula is C15H14BrClO. The molecule has 1 atom stereocenters. The SMILES string of the molecule is Cc1ccc(C(O)c2ccc(C)c(Br)c2)cc1Cl. The van der Waals surface area contributed by atoms with E-state index in [4.69, 9.17) is 11.6 Å². The fraction of sp³-hybridized carbons (Fsp3) is 0.200. The van der Waals surface area contributed by atoms with Crippen LogP contribution >= 0.6 is 27.5 Å². The van der Waals surface area contributed by atoms with Gasteiger partial charge in [0.1, 0.15) is 6.10 Å². The van der Waals surface area contributed by atoms with E-state index in [1.54, 1.807) is 0 Å². The Morgan fingerprint density at radius 2 is 1.56 bits per heavy atom. The highest BCUT2D eigenvalue weighted by molar-refractivity contribution is 9.10. The van der Waals surface area contributed by atoms with E-state index in [1.807, 2.05) is 50.2 Å². The second-order valence-electron chi connectivity index (χ2n) is 4.42. The maximum Gasteiger partial charge on any atom is 0.104 e. The molecule has 0 bridgehead atoms. The Morgan fingerprint density at radius 1 is 1.00 bits per heavy atom. The molecule has 1 unspecified atom stereocenters. The largest absolute Gasteiger partial charge is 0.384 e. The Balaban J connectivity index is 2.37. The third-order valence-corrected chi connectivity index (χ3v) is 4.28. The number of halogens is 2. The minimum Gasteiger partial charge on any atom is -0.384 e. The number of hydrogen-bond donors (Lipinski definition) is 1. The van der Waals surface area contributed by atoms with Crippen molar-refractivity contribution in [3.8, 4) is 0 Å². The van der Waals surface area contributed by atoms with Gasteiger partial charge in [-0.2, -0.15) is 0 Å². The molecule has 0 aromatic heterocycles. The van der Waals surface area contributed by atoms with E-state index in [1.165, 1.54) is 0 Å².